The Morgan fingerprint density at radius 2 is 2.14 bits per heavy atom. The Balaban J connectivity index is 1.60. The number of thiazole rings is 1. The standard InChI is InChI=1S/C17H20N2OS/c1-11-16(10-18-12-6-7-12)21-17(19-11)14-8-9-20-15-5-3-2-4-13(14)15/h2-5,12,14,18H,6-10H2,1H3. The van der Waals surface area contributed by atoms with Gasteiger partial charge in [-0.15, -0.1) is 11.3 Å². The van der Waals surface area contributed by atoms with E-state index in [9.17, 15) is 0 Å². The number of ether oxygens (including phenoxy) is 1. The SMILES string of the molecule is Cc1nc(C2CCOc3ccccc32)sc1CNC1CC1. The molecule has 1 saturated carbocycles. The number of aryl methyl sites for hydroxylation is 1. The second-order valence-electron chi connectivity index (χ2n) is 5.94. The number of hydrogen-bond acceptors (Lipinski definition) is 4. The quantitative estimate of drug-likeness (QED) is 0.936. The maximum atomic E-state index is 5.76. The van der Waals surface area contributed by atoms with Gasteiger partial charge in [-0.2, -0.15) is 0 Å². The number of para-hydroxylation sites is 1. The Morgan fingerprint density at radius 3 is 3.00 bits per heavy atom. The van der Waals surface area contributed by atoms with Crippen molar-refractivity contribution in [2.24, 2.45) is 0 Å². The monoisotopic (exact) mass is 300 g/mol. The van der Waals surface area contributed by atoms with Gasteiger partial charge in [-0.1, -0.05) is 18.2 Å². The van der Waals surface area contributed by atoms with Crippen molar-refractivity contribution >= 4 is 11.3 Å². The van der Waals surface area contributed by atoms with Crippen LogP contribution in [0.1, 0.15) is 46.3 Å². The fourth-order valence-corrected chi connectivity index (χ4v) is 4.06. The molecule has 0 saturated heterocycles. The van der Waals surface area contributed by atoms with Gasteiger partial charge in [0.25, 0.3) is 0 Å². The minimum absolute atomic E-state index is 0.397. The van der Waals surface area contributed by atoms with Crippen LogP contribution in [0.5, 0.6) is 5.75 Å². The lowest BCUT2D eigenvalue weighted by Gasteiger charge is -2.24. The number of hydrogen-bond donors (Lipinski definition) is 1. The van der Waals surface area contributed by atoms with E-state index in [1.165, 1.54) is 34.0 Å². The van der Waals surface area contributed by atoms with Gasteiger partial charge in [0.15, 0.2) is 0 Å². The van der Waals surface area contributed by atoms with Crippen LogP contribution in [0, 0.1) is 6.92 Å². The summed E-state index contributed by atoms with van der Waals surface area (Å²) in [6.07, 6.45) is 3.69. The van der Waals surface area contributed by atoms with Crippen LogP contribution in [0.3, 0.4) is 0 Å². The highest BCUT2D eigenvalue weighted by Crippen LogP contribution is 2.40. The van der Waals surface area contributed by atoms with Crippen LogP contribution in [-0.2, 0) is 6.54 Å². The highest BCUT2D eigenvalue weighted by Gasteiger charge is 2.26. The van der Waals surface area contributed by atoms with Gasteiger partial charge < -0.3 is 10.1 Å². The van der Waals surface area contributed by atoms with Crippen LogP contribution in [-0.4, -0.2) is 17.6 Å². The molecule has 2 aromatic rings. The summed E-state index contributed by atoms with van der Waals surface area (Å²) in [6, 6.07) is 9.13. The molecule has 1 aromatic heterocycles. The van der Waals surface area contributed by atoms with Gasteiger partial charge in [0.05, 0.1) is 12.3 Å². The number of nitrogens with zero attached hydrogens (tertiary/aromatic N) is 1. The third-order valence-corrected chi connectivity index (χ3v) is 5.57. The number of rotatable bonds is 4. The normalized spacial score (nSPS) is 20.9. The zero-order valence-corrected chi connectivity index (χ0v) is 13.1. The molecule has 0 radical (unpaired) electrons. The fraction of sp³-hybridized carbons (Fsp3) is 0.471. The summed E-state index contributed by atoms with van der Waals surface area (Å²) < 4.78 is 5.76. The minimum atomic E-state index is 0.397. The van der Waals surface area contributed by atoms with Crippen LogP contribution in [0.4, 0.5) is 0 Å². The smallest absolute Gasteiger partial charge is 0.123 e. The van der Waals surface area contributed by atoms with Gasteiger partial charge in [0.1, 0.15) is 10.8 Å². The Hall–Kier alpha value is -1.39. The first-order valence-electron chi connectivity index (χ1n) is 7.72. The lowest BCUT2D eigenvalue weighted by molar-refractivity contribution is 0.277. The number of aromatic nitrogens is 1. The Morgan fingerprint density at radius 1 is 1.29 bits per heavy atom. The third kappa shape index (κ3) is 2.70. The maximum Gasteiger partial charge on any atom is 0.123 e. The summed E-state index contributed by atoms with van der Waals surface area (Å²) in [5, 5.41) is 4.84. The molecule has 1 aliphatic heterocycles. The van der Waals surface area contributed by atoms with Crippen molar-refractivity contribution in [2.45, 2.75) is 44.7 Å². The van der Waals surface area contributed by atoms with E-state index in [2.05, 4.69) is 30.4 Å². The summed E-state index contributed by atoms with van der Waals surface area (Å²) >= 11 is 1.87. The number of fused-ring (bicyclic) bond motifs is 1. The van der Waals surface area contributed by atoms with Crippen LogP contribution < -0.4 is 10.1 Å². The van der Waals surface area contributed by atoms with Crippen molar-refractivity contribution in [3.8, 4) is 5.75 Å². The van der Waals surface area contributed by atoms with Crippen molar-refractivity contribution in [1.29, 1.82) is 0 Å². The molecule has 4 heteroatoms. The summed E-state index contributed by atoms with van der Waals surface area (Å²) in [7, 11) is 0. The van der Waals surface area contributed by atoms with E-state index in [-0.39, 0.29) is 0 Å². The zero-order chi connectivity index (χ0) is 14.2. The Bertz CT molecular complexity index is 648. The topological polar surface area (TPSA) is 34.1 Å². The van der Waals surface area contributed by atoms with E-state index in [4.69, 9.17) is 9.72 Å². The molecular formula is C17H20N2OS. The average Bonchev–Trinajstić information content (AvgIpc) is 3.27. The molecular weight excluding hydrogens is 280 g/mol. The molecule has 1 unspecified atom stereocenters. The Labute approximate surface area is 129 Å². The van der Waals surface area contributed by atoms with Crippen LogP contribution in [0.25, 0.3) is 0 Å². The van der Waals surface area contributed by atoms with E-state index in [0.717, 1.165) is 31.4 Å². The largest absolute Gasteiger partial charge is 0.493 e. The van der Waals surface area contributed by atoms with Crippen LogP contribution >= 0.6 is 11.3 Å². The molecule has 1 fully saturated rings. The molecule has 2 aliphatic rings. The van der Waals surface area contributed by atoms with Crippen LogP contribution in [0.15, 0.2) is 24.3 Å². The van der Waals surface area contributed by atoms with Gasteiger partial charge >= 0.3 is 0 Å². The second kappa shape index (κ2) is 5.43. The number of benzene rings is 1. The van der Waals surface area contributed by atoms with E-state index < -0.39 is 0 Å². The van der Waals surface area contributed by atoms with Gasteiger partial charge in [-0.3, -0.25) is 0 Å². The summed E-state index contributed by atoms with van der Waals surface area (Å²) in [4.78, 5) is 6.24. The summed E-state index contributed by atoms with van der Waals surface area (Å²) in [5.41, 5.74) is 2.48. The molecule has 1 atom stereocenters. The molecule has 0 spiro atoms. The fourth-order valence-electron chi connectivity index (χ4n) is 2.89. The van der Waals surface area contributed by atoms with Gasteiger partial charge in [0.2, 0.25) is 0 Å². The predicted octanol–water partition coefficient (Wildman–Crippen LogP) is 3.62. The predicted molar refractivity (Wildman–Crippen MR) is 85.1 cm³/mol. The van der Waals surface area contributed by atoms with E-state index in [1.807, 2.05) is 17.4 Å². The van der Waals surface area contributed by atoms with Crippen molar-refractivity contribution in [3.05, 3.63) is 45.4 Å². The van der Waals surface area contributed by atoms with Crippen molar-refractivity contribution in [3.63, 3.8) is 0 Å². The average molecular weight is 300 g/mol. The highest BCUT2D eigenvalue weighted by atomic mass is 32.1. The summed E-state index contributed by atoms with van der Waals surface area (Å²) in [6.45, 7) is 3.89. The highest BCUT2D eigenvalue weighted by molar-refractivity contribution is 7.11. The molecule has 4 rings (SSSR count). The van der Waals surface area contributed by atoms with Gasteiger partial charge in [-0.25, -0.2) is 4.98 Å². The molecule has 1 aromatic carbocycles. The van der Waals surface area contributed by atoms with E-state index in [1.54, 1.807) is 0 Å². The minimum Gasteiger partial charge on any atom is -0.493 e. The molecule has 110 valence electrons. The molecule has 1 N–H and O–H groups in total. The first-order valence-corrected chi connectivity index (χ1v) is 8.54. The molecule has 3 nitrogen and oxygen atoms in total. The van der Waals surface area contributed by atoms with Crippen molar-refractivity contribution in [2.75, 3.05) is 6.61 Å². The summed E-state index contributed by atoms with van der Waals surface area (Å²) in [5.74, 6) is 1.42. The lowest BCUT2D eigenvalue weighted by atomic mass is 9.94. The first-order chi connectivity index (χ1) is 10.3. The molecule has 0 bridgehead atoms. The number of nitrogens with one attached hydrogen (secondary N) is 1. The van der Waals surface area contributed by atoms with Crippen molar-refractivity contribution < 1.29 is 4.74 Å². The van der Waals surface area contributed by atoms with Crippen molar-refractivity contribution in [1.82, 2.24) is 10.3 Å². The molecule has 1 aliphatic carbocycles. The zero-order valence-electron chi connectivity index (χ0n) is 12.3. The third-order valence-electron chi connectivity index (χ3n) is 4.29. The lowest BCUT2D eigenvalue weighted by Crippen LogP contribution is -2.15. The van der Waals surface area contributed by atoms with E-state index >= 15 is 0 Å². The van der Waals surface area contributed by atoms with E-state index in [0.29, 0.717) is 5.92 Å². The molecule has 2 heterocycles. The molecule has 0 amide bonds. The van der Waals surface area contributed by atoms with Crippen LogP contribution in [0.2, 0.25) is 0 Å². The first kappa shape index (κ1) is 13.3. The Kier molecular flexibility index (Phi) is 3.43. The molecule has 21 heavy (non-hydrogen) atoms. The second-order valence-corrected chi connectivity index (χ2v) is 7.06. The maximum absolute atomic E-state index is 5.76. The van der Waals surface area contributed by atoms with Gasteiger partial charge in [0, 0.05) is 28.9 Å². The van der Waals surface area contributed by atoms with Gasteiger partial charge in [-0.05, 0) is 32.3 Å².